The summed E-state index contributed by atoms with van der Waals surface area (Å²) in [5.41, 5.74) is 0. The van der Waals surface area contributed by atoms with Crippen molar-refractivity contribution in [2.45, 2.75) is 63.5 Å². The van der Waals surface area contributed by atoms with Crippen molar-refractivity contribution in [3.8, 4) is 0 Å². The van der Waals surface area contributed by atoms with Crippen molar-refractivity contribution in [1.29, 1.82) is 0 Å². The predicted octanol–water partition coefficient (Wildman–Crippen LogP) is 2.41. The molecule has 1 saturated carbocycles. The number of ether oxygens (including phenoxy) is 1. The SMILES string of the molecule is CN(CCNC1CCCCC1)CC1CCCCO1. The minimum atomic E-state index is 0.485. The molecule has 0 aromatic heterocycles. The van der Waals surface area contributed by atoms with E-state index in [0.717, 1.165) is 32.3 Å². The highest BCUT2D eigenvalue weighted by molar-refractivity contribution is 4.73. The fourth-order valence-corrected chi connectivity index (χ4v) is 3.16. The molecule has 1 saturated heterocycles. The highest BCUT2D eigenvalue weighted by Crippen LogP contribution is 2.17. The Balaban J connectivity index is 1.52. The Labute approximate surface area is 112 Å². The smallest absolute Gasteiger partial charge is 0.0701 e. The first kappa shape index (κ1) is 14.3. The molecule has 1 aliphatic heterocycles. The minimum Gasteiger partial charge on any atom is -0.377 e. The van der Waals surface area contributed by atoms with Gasteiger partial charge in [0, 0.05) is 32.3 Å². The molecule has 2 rings (SSSR count). The highest BCUT2D eigenvalue weighted by atomic mass is 16.5. The summed E-state index contributed by atoms with van der Waals surface area (Å²) in [5.74, 6) is 0. The van der Waals surface area contributed by atoms with Crippen LogP contribution in [0.1, 0.15) is 51.4 Å². The molecule has 1 unspecified atom stereocenters. The van der Waals surface area contributed by atoms with Crippen LogP contribution < -0.4 is 5.32 Å². The molecule has 18 heavy (non-hydrogen) atoms. The molecule has 1 heterocycles. The third-order valence-electron chi connectivity index (χ3n) is 4.32. The number of nitrogens with one attached hydrogen (secondary N) is 1. The van der Waals surface area contributed by atoms with E-state index in [0.29, 0.717) is 6.10 Å². The molecule has 0 aromatic carbocycles. The molecule has 106 valence electrons. The molecule has 2 aliphatic rings. The lowest BCUT2D eigenvalue weighted by Crippen LogP contribution is -2.40. The summed E-state index contributed by atoms with van der Waals surface area (Å²) in [4.78, 5) is 2.42. The number of hydrogen-bond acceptors (Lipinski definition) is 3. The summed E-state index contributed by atoms with van der Waals surface area (Å²) in [6.45, 7) is 4.36. The average molecular weight is 254 g/mol. The van der Waals surface area contributed by atoms with Crippen LogP contribution in [0, 0.1) is 0 Å². The maximum absolute atomic E-state index is 5.78. The number of likely N-dealkylation sites (N-methyl/N-ethyl adjacent to an activating group) is 1. The van der Waals surface area contributed by atoms with Crippen molar-refractivity contribution in [2.24, 2.45) is 0 Å². The minimum absolute atomic E-state index is 0.485. The van der Waals surface area contributed by atoms with Gasteiger partial charge in [0.2, 0.25) is 0 Å². The molecule has 0 amide bonds. The van der Waals surface area contributed by atoms with Crippen LogP contribution in [0.2, 0.25) is 0 Å². The van der Waals surface area contributed by atoms with Gasteiger partial charge in [-0.05, 0) is 39.2 Å². The Morgan fingerprint density at radius 3 is 2.56 bits per heavy atom. The van der Waals surface area contributed by atoms with Crippen molar-refractivity contribution in [1.82, 2.24) is 10.2 Å². The van der Waals surface area contributed by atoms with Crippen molar-refractivity contribution in [2.75, 3.05) is 33.3 Å². The Morgan fingerprint density at radius 1 is 1.06 bits per heavy atom. The average Bonchev–Trinajstić information content (AvgIpc) is 2.41. The number of rotatable bonds is 6. The molecule has 1 atom stereocenters. The van der Waals surface area contributed by atoms with Gasteiger partial charge in [0.15, 0.2) is 0 Å². The van der Waals surface area contributed by atoms with Crippen LogP contribution in [0.15, 0.2) is 0 Å². The summed E-state index contributed by atoms with van der Waals surface area (Å²) in [5, 5.41) is 3.71. The topological polar surface area (TPSA) is 24.5 Å². The van der Waals surface area contributed by atoms with E-state index in [2.05, 4.69) is 17.3 Å². The van der Waals surface area contributed by atoms with Crippen molar-refractivity contribution < 1.29 is 4.74 Å². The van der Waals surface area contributed by atoms with Gasteiger partial charge in [-0.25, -0.2) is 0 Å². The maximum atomic E-state index is 5.78. The zero-order valence-electron chi connectivity index (χ0n) is 12.0. The van der Waals surface area contributed by atoms with E-state index in [-0.39, 0.29) is 0 Å². The summed E-state index contributed by atoms with van der Waals surface area (Å²) in [6.07, 6.45) is 11.4. The van der Waals surface area contributed by atoms with E-state index in [1.54, 1.807) is 0 Å². The van der Waals surface area contributed by atoms with Gasteiger partial charge >= 0.3 is 0 Å². The first-order valence-corrected chi connectivity index (χ1v) is 7.88. The van der Waals surface area contributed by atoms with Crippen molar-refractivity contribution >= 4 is 0 Å². The van der Waals surface area contributed by atoms with Gasteiger partial charge in [-0.15, -0.1) is 0 Å². The molecule has 0 radical (unpaired) electrons. The van der Waals surface area contributed by atoms with Gasteiger partial charge in [0.25, 0.3) is 0 Å². The molecule has 3 heteroatoms. The predicted molar refractivity (Wildman–Crippen MR) is 76.0 cm³/mol. The highest BCUT2D eigenvalue weighted by Gasteiger charge is 2.16. The molecule has 0 aromatic rings. The first-order chi connectivity index (χ1) is 8.84. The van der Waals surface area contributed by atoms with E-state index in [1.165, 1.54) is 51.4 Å². The van der Waals surface area contributed by atoms with Crippen LogP contribution >= 0.6 is 0 Å². The monoisotopic (exact) mass is 254 g/mol. The lowest BCUT2D eigenvalue weighted by molar-refractivity contribution is -0.00132. The Morgan fingerprint density at radius 2 is 1.83 bits per heavy atom. The first-order valence-electron chi connectivity index (χ1n) is 7.88. The Bertz CT molecular complexity index is 211. The summed E-state index contributed by atoms with van der Waals surface area (Å²) in [6, 6.07) is 0.790. The van der Waals surface area contributed by atoms with Crippen LogP contribution in [0.3, 0.4) is 0 Å². The van der Waals surface area contributed by atoms with Crippen molar-refractivity contribution in [3.63, 3.8) is 0 Å². The van der Waals surface area contributed by atoms with Gasteiger partial charge in [-0.1, -0.05) is 19.3 Å². The molecular formula is C15H30N2O. The van der Waals surface area contributed by atoms with Crippen LogP contribution in [0.5, 0.6) is 0 Å². The second-order valence-corrected chi connectivity index (χ2v) is 6.04. The van der Waals surface area contributed by atoms with E-state index in [9.17, 15) is 0 Å². The molecular weight excluding hydrogens is 224 g/mol. The molecule has 1 N–H and O–H groups in total. The maximum Gasteiger partial charge on any atom is 0.0701 e. The van der Waals surface area contributed by atoms with Crippen molar-refractivity contribution in [3.05, 3.63) is 0 Å². The number of hydrogen-bond donors (Lipinski definition) is 1. The summed E-state index contributed by atoms with van der Waals surface area (Å²) in [7, 11) is 2.22. The van der Waals surface area contributed by atoms with Crippen LogP contribution in [-0.2, 0) is 4.74 Å². The fraction of sp³-hybridized carbons (Fsp3) is 1.00. The molecule has 2 fully saturated rings. The van der Waals surface area contributed by atoms with Crippen LogP contribution in [0.25, 0.3) is 0 Å². The molecule has 0 bridgehead atoms. The zero-order chi connectivity index (χ0) is 12.6. The lowest BCUT2D eigenvalue weighted by atomic mass is 9.95. The van der Waals surface area contributed by atoms with Gasteiger partial charge in [0.1, 0.15) is 0 Å². The van der Waals surface area contributed by atoms with E-state index in [4.69, 9.17) is 4.74 Å². The van der Waals surface area contributed by atoms with Gasteiger partial charge in [-0.3, -0.25) is 0 Å². The third-order valence-corrected chi connectivity index (χ3v) is 4.32. The van der Waals surface area contributed by atoms with Gasteiger partial charge in [0.05, 0.1) is 6.10 Å². The summed E-state index contributed by atoms with van der Waals surface area (Å²) >= 11 is 0. The van der Waals surface area contributed by atoms with Crippen LogP contribution in [-0.4, -0.2) is 50.3 Å². The van der Waals surface area contributed by atoms with Gasteiger partial charge in [-0.2, -0.15) is 0 Å². The van der Waals surface area contributed by atoms with Gasteiger partial charge < -0.3 is 15.0 Å². The lowest BCUT2D eigenvalue weighted by Gasteiger charge is -2.28. The van der Waals surface area contributed by atoms with E-state index < -0.39 is 0 Å². The normalized spacial score (nSPS) is 26.7. The second kappa shape index (κ2) is 8.13. The number of nitrogens with zero attached hydrogens (tertiary/aromatic N) is 1. The summed E-state index contributed by atoms with van der Waals surface area (Å²) < 4.78 is 5.78. The van der Waals surface area contributed by atoms with E-state index >= 15 is 0 Å². The third kappa shape index (κ3) is 5.25. The Kier molecular flexibility index (Phi) is 6.46. The molecule has 0 spiro atoms. The Hall–Kier alpha value is -0.120. The zero-order valence-corrected chi connectivity index (χ0v) is 12.0. The largest absolute Gasteiger partial charge is 0.377 e. The fourth-order valence-electron chi connectivity index (χ4n) is 3.16. The van der Waals surface area contributed by atoms with Crippen LogP contribution in [0.4, 0.5) is 0 Å². The van der Waals surface area contributed by atoms with E-state index in [1.807, 2.05) is 0 Å². The molecule has 3 nitrogen and oxygen atoms in total. The standard InChI is InChI=1S/C15H30N2O/c1-17(13-15-9-5-6-12-18-15)11-10-16-14-7-3-2-4-8-14/h14-16H,2-13H2,1H3. The quantitative estimate of drug-likeness (QED) is 0.788. The second-order valence-electron chi connectivity index (χ2n) is 6.04. The molecule has 1 aliphatic carbocycles.